The van der Waals surface area contributed by atoms with Gasteiger partial charge in [0, 0.05) is 25.8 Å². The number of likely N-dealkylation sites (tertiary alicyclic amines) is 1. The van der Waals surface area contributed by atoms with Crippen LogP contribution in [0.2, 0.25) is 0 Å². The smallest absolute Gasteiger partial charge is 0.248 e. The van der Waals surface area contributed by atoms with E-state index < -0.39 is 11.3 Å². The molecule has 28 heavy (non-hydrogen) atoms. The average Bonchev–Trinajstić information content (AvgIpc) is 2.69. The maximum atomic E-state index is 14.0. The quantitative estimate of drug-likeness (QED) is 0.832. The van der Waals surface area contributed by atoms with Gasteiger partial charge in [0.05, 0.1) is 5.41 Å². The number of benzene rings is 2. The molecule has 0 aliphatic carbocycles. The zero-order valence-corrected chi connectivity index (χ0v) is 16.0. The lowest BCUT2D eigenvalue weighted by molar-refractivity contribution is -0.142. The Morgan fingerprint density at radius 3 is 2.54 bits per heavy atom. The normalized spacial score (nSPS) is 19.4. The van der Waals surface area contributed by atoms with Crippen molar-refractivity contribution in [3.05, 3.63) is 59.9 Å². The second-order valence-corrected chi connectivity index (χ2v) is 7.35. The maximum absolute atomic E-state index is 14.0. The van der Waals surface area contributed by atoms with Gasteiger partial charge in [0.25, 0.3) is 0 Å². The molecule has 5 nitrogen and oxygen atoms in total. The largest absolute Gasteiger partial charge is 0.375 e. The summed E-state index contributed by atoms with van der Waals surface area (Å²) in [4.78, 5) is 26.2. The summed E-state index contributed by atoms with van der Waals surface area (Å²) in [6, 6.07) is 14.1. The SMILES string of the molecule is COCC(=O)N1CCC[C@](Cc2ccc(-c3ccccc3F)cc2)(C(N)=O)C1. The molecule has 1 heterocycles. The van der Waals surface area contributed by atoms with E-state index >= 15 is 0 Å². The first-order valence-corrected chi connectivity index (χ1v) is 9.36. The van der Waals surface area contributed by atoms with Gasteiger partial charge in [0.2, 0.25) is 11.8 Å². The molecule has 0 aromatic heterocycles. The van der Waals surface area contributed by atoms with Crippen molar-refractivity contribution in [2.24, 2.45) is 11.1 Å². The van der Waals surface area contributed by atoms with Gasteiger partial charge in [-0.2, -0.15) is 0 Å². The van der Waals surface area contributed by atoms with Crippen LogP contribution < -0.4 is 5.73 Å². The van der Waals surface area contributed by atoms with Crippen LogP contribution in [0.5, 0.6) is 0 Å². The Hall–Kier alpha value is -2.73. The monoisotopic (exact) mass is 384 g/mol. The summed E-state index contributed by atoms with van der Waals surface area (Å²) in [6.07, 6.45) is 1.79. The number of halogens is 1. The van der Waals surface area contributed by atoms with E-state index in [0.29, 0.717) is 37.9 Å². The van der Waals surface area contributed by atoms with E-state index in [1.54, 1.807) is 23.1 Å². The second kappa shape index (κ2) is 8.52. The number of nitrogens with zero attached hydrogens (tertiary/aromatic N) is 1. The molecule has 2 amide bonds. The van der Waals surface area contributed by atoms with Crippen LogP contribution in [-0.2, 0) is 20.7 Å². The second-order valence-electron chi connectivity index (χ2n) is 7.35. The van der Waals surface area contributed by atoms with Gasteiger partial charge < -0.3 is 15.4 Å². The molecule has 0 spiro atoms. The van der Waals surface area contributed by atoms with Crippen LogP contribution in [0.4, 0.5) is 4.39 Å². The minimum Gasteiger partial charge on any atom is -0.375 e. The standard InChI is InChI=1S/C22H25FN2O3/c1-28-14-20(26)25-12-4-11-22(15-25,21(24)27)13-16-7-9-17(10-8-16)18-5-2-3-6-19(18)23/h2-3,5-10H,4,11-15H2,1H3,(H2,24,27)/t22-/m1/s1. The van der Waals surface area contributed by atoms with Crippen LogP contribution >= 0.6 is 0 Å². The van der Waals surface area contributed by atoms with Gasteiger partial charge in [0.15, 0.2) is 0 Å². The molecule has 2 aromatic carbocycles. The molecule has 1 aliphatic rings. The average molecular weight is 384 g/mol. The molecule has 148 valence electrons. The highest BCUT2D eigenvalue weighted by atomic mass is 19.1. The molecule has 6 heteroatoms. The molecule has 1 saturated heterocycles. The molecule has 0 bridgehead atoms. The third-order valence-corrected chi connectivity index (χ3v) is 5.40. The van der Waals surface area contributed by atoms with Crippen LogP contribution in [0.1, 0.15) is 18.4 Å². The van der Waals surface area contributed by atoms with Crippen molar-refractivity contribution in [2.75, 3.05) is 26.8 Å². The molecule has 3 rings (SSSR count). The van der Waals surface area contributed by atoms with Gasteiger partial charge in [-0.1, -0.05) is 42.5 Å². The van der Waals surface area contributed by atoms with E-state index in [1.165, 1.54) is 13.2 Å². The van der Waals surface area contributed by atoms with Crippen molar-refractivity contribution in [2.45, 2.75) is 19.3 Å². The molecule has 2 aromatic rings. The summed E-state index contributed by atoms with van der Waals surface area (Å²) in [7, 11) is 1.47. The molecule has 1 aliphatic heterocycles. The molecule has 0 radical (unpaired) electrons. The van der Waals surface area contributed by atoms with Gasteiger partial charge in [-0.25, -0.2) is 4.39 Å². The predicted molar refractivity (Wildman–Crippen MR) is 105 cm³/mol. The van der Waals surface area contributed by atoms with Crippen molar-refractivity contribution < 1.29 is 18.7 Å². The summed E-state index contributed by atoms with van der Waals surface area (Å²) in [5.41, 5.74) is 7.20. The fourth-order valence-corrected chi connectivity index (χ4v) is 3.88. The fraction of sp³-hybridized carbons (Fsp3) is 0.364. The summed E-state index contributed by atoms with van der Waals surface area (Å²) < 4.78 is 18.9. The maximum Gasteiger partial charge on any atom is 0.248 e. The summed E-state index contributed by atoms with van der Waals surface area (Å²) in [6.45, 7) is 0.884. The Morgan fingerprint density at radius 2 is 1.89 bits per heavy atom. The minimum atomic E-state index is -0.804. The van der Waals surface area contributed by atoms with E-state index in [4.69, 9.17) is 10.5 Å². The highest BCUT2D eigenvalue weighted by Gasteiger charge is 2.42. The molecule has 1 fully saturated rings. The first kappa shape index (κ1) is 20.0. The van der Waals surface area contributed by atoms with E-state index in [1.807, 2.05) is 24.3 Å². The number of hydrogen-bond donors (Lipinski definition) is 1. The van der Waals surface area contributed by atoms with Crippen LogP contribution in [0.15, 0.2) is 48.5 Å². The van der Waals surface area contributed by atoms with Crippen LogP contribution in [0, 0.1) is 11.2 Å². The van der Waals surface area contributed by atoms with E-state index in [0.717, 1.165) is 11.1 Å². The van der Waals surface area contributed by atoms with Gasteiger partial charge >= 0.3 is 0 Å². The number of methoxy groups -OCH3 is 1. The van der Waals surface area contributed by atoms with Gasteiger partial charge in [-0.05, 0) is 36.5 Å². The van der Waals surface area contributed by atoms with Crippen molar-refractivity contribution in [3.63, 3.8) is 0 Å². The fourth-order valence-electron chi connectivity index (χ4n) is 3.88. The van der Waals surface area contributed by atoms with E-state index in [2.05, 4.69) is 0 Å². The summed E-state index contributed by atoms with van der Waals surface area (Å²) in [5, 5.41) is 0. The lowest BCUT2D eigenvalue weighted by atomic mass is 9.74. The zero-order chi connectivity index (χ0) is 20.1. The van der Waals surface area contributed by atoms with Gasteiger partial charge in [-0.15, -0.1) is 0 Å². The molecular formula is C22H25FN2O3. The first-order valence-electron chi connectivity index (χ1n) is 9.36. The number of piperidine rings is 1. The van der Waals surface area contributed by atoms with Gasteiger partial charge in [0.1, 0.15) is 12.4 Å². The predicted octanol–water partition coefficient (Wildman–Crippen LogP) is 2.78. The van der Waals surface area contributed by atoms with E-state index in [-0.39, 0.29) is 18.3 Å². The summed E-state index contributed by atoms with van der Waals surface area (Å²) in [5.74, 6) is -0.813. The molecule has 0 saturated carbocycles. The van der Waals surface area contributed by atoms with E-state index in [9.17, 15) is 14.0 Å². The highest BCUT2D eigenvalue weighted by molar-refractivity contribution is 5.84. The first-order chi connectivity index (χ1) is 13.4. The Kier molecular flexibility index (Phi) is 6.09. The Balaban J connectivity index is 1.80. The summed E-state index contributed by atoms with van der Waals surface area (Å²) >= 11 is 0. The highest BCUT2D eigenvalue weighted by Crippen LogP contribution is 2.34. The van der Waals surface area contributed by atoms with Crippen molar-refractivity contribution >= 4 is 11.8 Å². The Bertz CT molecular complexity index is 853. The number of nitrogens with two attached hydrogens (primary N) is 1. The molecule has 2 N–H and O–H groups in total. The number of carbonyl (C=O) groups excluding carboxylic acids is 2. The third kappa shape index (κ3) is 4.22. The lowest BCUT2D eigenvalue weighted by Crippen LogP contribution is -2.53. The number of primary amides is 1. The number of rotatable bonds is 6. The topological polar surface area (TPSA) is 72.6 Å². The molecule has 1 atom stereocenters. The number of carbonyl (C=O) groups is 2. The van der Waals surface area contributed by atoms with Gasteiger partial charge in [-0.3, -0.25) is 9.59 Å². The van der Waals surface area contributed by atoms with Crippen molar-refractivity contribution in [1.29, 1.82) is 0 Å². The minimum absolute atomic E-state index is 0.00776. The van der Waals surface area contributed by atoms with Crippen molar-refractivity contribution in [3.8, 4) is 11.1 Å². The van der Waals surface area contributed by atoms with Crippen LogP contribution in [-0.4, -0.2) is 43.5 Å². The Labute approximate surface area is 164 Å². The zero-order valence-electron chi connectivity index (χ0n) is 16.0. The Morgan fingerprint density at radius 1 is 1.18 bits per heavy atom. The number of ether oxygens (including phenoxy) is 1. The molecular weight excluding hydrogens is 359 g/mol. The van der Waals surface area contributed by atoms with Crippen LogP contribution in [0.25, 0.3) is 11.1 Å². The number of amides is 2. The van der Waals surface area contributed by atoms with Crippen LogP contribution in [0.3, 0.4) is 0 Å². The molecule has 0 unspecified atom stereocenters. The lowest BCUT2D eigenvalue weighted by Gasteiger charge is -2.41. The third-order valence-electron chi connectivity index (χ3n) is 5.40. The van der Waals surface area contributed by atoms with Crippen molar-refractivity contribution in [1.82, 2.24) is 4.90 Å². The number of hydrogen-bond acceptors (Lipinski definition) is 3.